The number of likely N-dealkylation sites (tertiary alicyclic amines) is 1. The summed E-state index contributed by atoms with van der Waals surface area (Å²) in [5, 5.41) is 2.70. The average Bonchev–Trinajstić information content (AvgIpc) is 2.18. The van der Waals surface area contributed by atoms with Crippen LogP contribution < -0.4 is 5.32 Å². The molecule has 0 aromatic heterocycles. The molecule has 1 heterocycles. The lowest BCUT2D eigenvalue weighted by Gasteiger charge is -2.36. The van der Waals surface area contributed by atoms with Gasteiger partial charge in [0, 0.05) is 12.6 Å². The van der Waals surface area contributed by atoms with Gasteiger partial charge in [-0.05, 0) is 25.7 Å². The van der Waals surface area contributed by atoms with Crippen molar-refractivity contribution in [3.8, 4) is 12.3 Å². The van der Waals surface area contributed by atoms with E-state index in [1.54, 1.807) is 0 Å². The molecule has 1 aliphatic heterocycles. The van der Waals surface area contributed by atoms with Crippen molar-refractivity contribution >= 4 is 6.03 Å². The summed E-state index contributed by atoms with van der Waals surface area (Å²) in [6, 6.07) is 0.311. The van der Waals surface area contributed by atoms with Crippen molar-refractivity contribution in [3.05, 3.63) is 0 Å². The highest BCUT2D eigenvalue weighted by Gasteiger charge is 2.26. The molecule has 14 heavy (non-hydrogen) atoms. The lowest BCUT2D eigenvalue weighted by Crippen LogP contribution is -2.49. The van der Waals surface area contributed by atoms with Gasteiger partial charge < -0.3 is 10.2 Å². The van der Waals surface area contributed by atoms with E-state index in [1.165, 1.54) is 6.42 Å². The maximum Gasteiger partial charge on any atom is 0.318 e. The number of hydrogen-bond acceptors (Lipinski definition) is 1. The molecule has 3 nitrogen and oxygen atoms in total. The number of nitrogens with one attached hydrogen (secondary N) is 1. The molecule has 0 unspecified atom stereocenters. The van der Waals surface area contributed by atoms with Gasteiger partial charge in [0.2, 0.25) is 0 Å². The second-order valence-electron chi connectivity index (χ2n) is 4.05. The molecule has 0 spiro atoms. The first-order valence-corrected chi connectivity index (χ1v) is 5.13. The highest BCUT2D eigenvalue weighted by molar-refractivity contribution is 5.74. The zero-order valence-electron chi connectivity index (χ0n) is 8.92. The number of rotatable bonds is 1. The Hall–Kier alpha value is -1.17. The minimum absolute atomic E-state index is 0.0259. The van der Waals surface area contributed by atoms with E-state index in [2.05, 4.69) is 25.1 Å². The van der Waals surface area contributed by atoms with Crippen molar-refractivity contribution in [1.82, 2.24) is 10.2 Å². The van der Waals surface area contributed by atoms with Gasteiger partial charge in [-0.2, -0.15) is 0 Å². The standard InChI is InChI=1S/C11H18N2O/c1-4-7-12-11(14)13-8-9(2)5-6-10(13)3/h1,9-10H,5-8H2,2-3H3,(H,12,14)/t9-,10-/m0/s1. The topological polar surface area (TPSA) is 32.3 Å². The third kappa shape index (κ3) is 2.66. The van der Waals surface area contributed by atoms with Crippen LogP contribution in [0.5, 0.6) is 0 Å². The lowest BCUT2D eigenvalue weighted by molar-refractivity contribution is 0.137. The summed E-state index contributed by atoms with van der Waals surface area (Å²) >= 11 is 0. The molecule has 3 heteroatoms. The van der Waals surface area contributed by atoms with Crippen LogP contribution in [-0.2, 0) is 0 Å². The first kappa shape index (κ1) is 10.9. The Labute approximate surface area is 85.9 Å². The maximum absolute atomic E-state index is 11.6. The molecular formula is C11H18N2O. The van der Waals surface area contributed by atoms with Gasteiger partial charge in [0.15, 0.2) is 0 Å². The van der Waals surface area contributed by atoms with Crippen LogP contribution in [-0.4, -0.2) is 30.1 Å². The first-order chi connectivity index (χ1) is 6.65. The maximum atomic E-state index is 11.6. The Morgan fingerprint density at radius 1 is 1.57 bits per heavy atom. The number of urea groups is 1. The van der Waals surface area contributed by atoms with E-state index < -0.39 is 0 Å². The molecule has 1 fully saturated rings. The second kappa shape index (κ2) is 4.90. The SMILES string of the molecule is C#CCNC(=O)N1C[C@@H](C)CC[C@@H]1C. The predicted octanol–water partition coefficient (Wildman–Crippen LogP) is 1.45. The Morgan fingerprint density at radius 2 is 2.29 bits per heavy atom. The molecular weight excluding hydrogens is 176 g/mol. The third-order valence-electron chi connectivity index (χ3n) is 2.72. The van der Waals surface area contributed by atoms with Crippen molar-refractivity contribution < 1.29 is 4.79 Å². The largest absolute Gasteiger partial charge is 0.327 e. The van der Waals surface area contributed by atoms with E-state index in [0.717, 1.165) is 13.0 Å². The zero-order valence-corrected chi connectivity index (χ0v) is 8.92. The molecule has 2 atom stereocenters. The Bertz CT molecular complexity index is 244. The van der Waals surface area contributed by atoms with Gasteiger partial charge in [0.1, 0.15) is 0 Å². The van der Waals surface area contributed by atoms with E-state index in [0.29, 0.717) is 18.5 Å². The number of hydrogen-bond donors (Lipinski definition) is 1. The molecule has 78 valence electrons. The minimum atomic E-state index is -0.0259. The molecule has 1 N–H and O–H groups in total. The zero-order chi connectivity index (χ0) is 10.6. The highest BCUT2D eigenvalue weighted by Crippen LogP contribution is 2.20. The molecule has 1 saturated heterocycles. The number of carbonyl (C=O) groups is 1. The summed E-state index contributed by atoms with van der Waals surface area (Å²) in [5.41, 5.74) is 0. The van der Waals surface area contributed by atoms with Crippen LogP contribution in [0.4, 0.5) is 4.79 Å². The summed E-state index contributed by atoms with van der Waals surface area (Å²) in [4.78, 5) is 13.5. The Balaban J connectivity index is 2.48. The van der Waals surface area contributed by atoms with Gasteiger partial charge in [-0.1, -0.05) is 12.8 Å². The van der Waals surface area contributed by atoms with Crippen LogP contribution in [0.25, 0.3) is 0 Å². The van der Waals surface area contributed by atoms with Crippen LogP contribution in [0.1, 0.15) is 26.7 Å². The number of amides is 2. The molecule has 0 aromatic carbocycles. The molecule has 2 amide bonds. The van der Waals surface area contributed by atoms with Crippen molar-refractivity contribution in [2.75, 3.05) is 13.1 Å². The van der Waals surface area contributed by atoms with Gasteiger partial charge in [-0.3, -0.25) is 0 Å². The fourth-order valence-corrected chi connectivity index (χ4v) is 1.80. The number of carbonyl (C=O) groups excluding carboxylic acids is 1. The molecule has 1 rings (SSSR count). The quantitative estimate of drug-likeness (QED) is 0.630. The van der Waals surface area contributed by atoms with E-state index in [-0.39, 0.29) is 6.03 Å². The van der Waals surface area contributed by atoms with Crippen molar-refractivity contribution in [1.29, 1.82) is 0 Å². The van der Waals surface area contributed by atoms with Gasteiger partial charge in [0.05, 0.1) is 6.54 Å². The van der Waals surface area contributed by atoms with Crippen molar-refractivity contribution in [2.45, 2.75) is 32.7 Å². The van der Waals surface area contributed by atoms with Crippen molar-refractivity contribution in [2.24, 2.45) is 5.92 Å². The number of terminal acetylenes is 1. The summed E-state index contributed by atoms with van der Waals surface area (Å²) in [5.74, 6) is 3.00. The first-order valence-electron chi connectivity index (χ1n) is 5.13. The van der Waals surface area contributed by atoms with Crippen LogP contribution in [0.3, 0.4) is 0 Å². The van der Waals surface area contributed by atoms with Gasteiger partial charge in [-0.25, -0.2) is 4.79 Å². The van der Waals surface area contributed by atoms with E-state index in [9.17, 15) is 4.79 Å². The summed E-state index contributed by atoms with van der Waals surface area (Å²) in [6.45, 7) is 5.42. The van der Waals surface area contributed by atoms with E-state index in [4.69, 9.17) is 6.42 Å². The molecule has 0 radical (unpaired) electrons. The minimum Gasteiger partial charge on any atom is -0.327 e. The summed E-state index contributed by atoms with van der Waals surface area (Å²) in [6.07, 6.45) is 7.38. The lowest BCUT2D eigenvalue weighted by atomic mass is 9.95. The normalized spacial score (nSPS) is 26.8. The number of piperidine rings is 1. The van der Waals surface area contributed by atoms with Gasteiger partial charge in [-0.15, -0.1) is 6.42 Å². The molecule has 0 aliphatic carbocycles. The van der Waals surface area contributed by atoms with Crippen molar-refractivity contribution in [3.63, 3.8) is 0 Å². The monoisotopic (exact) mass is 194 g/mol. The van der Waals surface area contributed by atoms with E-state index in [1.807, 2.05) is 4.90 Å². The molecule has 0 bridgehead atoms. The van der Waals surface area contributed by atoms with Crippen LogP contribution in [0.2, 0.25) is 0 Å². The average molecular weight is 194 g/mol. The van der Waals surface area contributed by atoms with Gasteiger partial charge in [0.25, 0.3) is 0 Å². The van der Waals surface area contributed by atoms with Gasteiger partial charge >= 0.3 is 6.03 Å². The smallest absolute Gasteiger partial charge is 0.318 e. The van der Waals surface area contributed by atoms with Crippen LogP contribution in [0, 0.1) is 18.3 Å². The predicted molar refractivity (Wildman–Crippen MR) is 56.8 cm³/mol. The Morgan fingerprint density at radius 3 is 2.93 bits per heavy atom. The summed E-state index contributed by atoms with van der Waals surface area (Å²) in [7, 11) is 0. The van der Waals surface area contributed by atoms with E-state index >= 15 is 0 Å². The highest BCUT2D eigenvalue weighted by atomic mass is 16.2. The number of nitrogens with zero attached hydrogens (tertiary/aromatic N) is 1. The molecule has 1 aliphatic rings. The second-order valence-corrected chi connectivity index (χ2v) is 4.05. The van der Waals surface area contributed by atoms with Crippen LogP contribution in [0.15, 0.2) is 0 Å². The fraction of sp³-hybridized carbons (Fsp3) is 0.727. The summed E-state index contributed by atoms with van der Waals surface area (Å²) < 4.78 is 0. The Kier molecular flexibility index (Phi) is 3.82. The molecule has 0 aromatic rings. The third-order valence-corrected chi connectivity index (χ3v) is 2.72. The molecule has 0 saturated carbocycles. The van der Waals surface area contributed by atoms with Crippen LogP contribution >= 0.6 is 0 Å². The fourth-order valence-electron chi connectivity index (χ4n) is 1.80.